The lowest BCUT2D eigenvalue weighted by molar-refractivity contribution is 0.0910. The number of rotatable bonds is 8. The van der Waals surface area contributed by atoms with Crippen LogP contribution in [0.25, 0.3) is 0 Å². The Hall–Kier alpha value is -1.75. The largest absolute Gasteiger partial charge is 0.490 e. The van der Waals surface area contributed by atoms with Crippen LogP contribution in [0.4, 0.5) is 0 Å². The molecule has 5 heteroatoms. The van der Waals surface area contributed by atoms with Gasteiger partial charge in [-0.1, -0.05) is 13.8 Å². The van der Waals surface area contributed by atoms with E-state index in [2.05, 4.69) is 5.32 Å². The van der Waals surface area contributed by atoms with Crippen molar-refractivity contribution in [2.45, 2.75) is 27.7 Å². The molecule has 21 heavy (non-hydrogen) atoms. The Balaban J connectivity index is 2.82. The number of carbonyl (C=O) groups is 1. The van der Waals surface area contributed by atoms with Gasteiger partial charge in [0.25, 0.3) is 5.91 Å². The van der Waals surface area contributed by atoms with Gasteiger partial charge in [-0.3, -0.25) is 4.79 Å². The fourth-order valence-electron chi connectivity index (χ4n) is 1.67. The number of ether oxygens (including phenoxy) is 2. The average Bonchev–Trinajstić information content (AvgIpc) is 2.47. The van der Waals surface area contributed by atoms with Crippen molar-refractivity contribution >= 4 is 5.91 Å². The molecule has 1 amide bonds. The van der Waals surface area contributed by atoms with Crippen molar-refractivity contribution in [2.75, 3.05) is 26.4 Å². The Labute approximate surface area is 126 Å². The molecule has 0 atom stereocenters. The maximum Gasteiger partial charge on any atom is 0.251 e. The van der Waals surface area contributed by atoms with Crippen LogP contribution in [0.3, 0.4) is 0 Å². The predicted molar refractivity (Wildman–Crippen MR) is 82.0 cm³/mol. The van der Waals surface area contributed by atoms with Gasteiger partial charge >= 0.3 is 0 Å². The Morgan fingerprint density at radius 2 is 1.81 bits per heavy atom. The quantitative estimate of drug-likeness (QED) is 0.772. The first-order valence-electron chi connectivity index (χ1n) is 7.22. The average molecular weight is 295 g/mol. The number of benzene rings is 1. The zero-order valence-corrected chi connectivity index (χ0v) is 13.2. The third-order valence-electron chi connectivity index (χ3n) is 2.96. The number of nitrogens with one attached hydrogen (secondary N) is 1. The van der Waals surface area contributed by atoms with Crippen LogP contribution < -0.4 is 14.8 Å². The van der Waals surface area contributed by atoms with E-state index in [0.29, 0.717) is 36.8 Å². The van der Waals surface area contributed by atoms with Gasteiger partial charge in [0.2, 0.25) is 0 Å². The van der Waals surface area contributed by atoms with Gasteiger partial charge in [-0.2, -0.15) is 0 Å². The second-order valence-corrected chi connectivity index (χ2v) is 5.53. The molecule has 0 fully saturated rings. The molecular weight excluding hydrogens is 270 g/mol. The fourth-order valence-corrected chi connectivity index (χ4v) is 1.67. The lowest BCUT2D eigenvalue weighted by atomic mass is 9.95. The molecular formula is C16H25NO4. The van der Waals surface area contributed by atoms with Crippen LogP contribution in [0, 0.1) is 5.41 Å². The zero-order valence-electron chi connectivity index (χ0n) is 13.2. The van der Waals surface area contributed by atoms with E-state index in [1.165, 1.54) is 0 Å². The van der Waals surface area contributed by atoms with E-state index >= 15 is 0 Å². The molecule has 1 aromatic carbocycles. The maximum atomic E-state index is 12.1. The summed E-state index contributed by atoms with van der Waals surface area (Å²) >= 11 is 0. The third-order valence-corrected chi connectivity index (χ3v) is 2.96. The van der Waals surface area contributed by atoms with E-state index < -0.39 is 0 Å². The first-order chi connectivity index (χ1) is 9.93. The lowest BCUT2D eigenvalue weighted by Gasteiger charge is -2.22. The smallest absolute Gasteiger partial charge is 0.251 e. The molecule has 0 saturated heterocycles. The zero-order chi connectivity index (χ0) is 15.9. The molecule has 0 bridgehead atoms. The minimum atomic E-state index is -0.344. The van der Waals surface area contributed by atoms with Gasteiger partial charge < -0.3 is 19.9 Å². The third kappa shape index (κ3) is 5.27. The number of aliphatic hydroxyl groups excluding tert-OH is 1. The van der Waals surface area contributed by atoms with Gasteiger partial charge in [-0.15, -0.1) is 0 Å². The monoisotopic (exact) mass is 295 g/mol. The van der Waals surface area contributed by atoms with Crippen LogP contribution >= 0.6 is 0 Å². The first-order valence-corrected chi connectivity index (χ1v) is 7.22. The Morgan fingerprint density at radius 3 is 2.38 bits per heavy atom. The molecule has 0 radical (unpaired) electrons. The molecule has 0 heterocycles. The number of carbonyl (C=O) groups excluding carboxylic acids is 1. The van der Waals surface area contributed by atoms with Crippen molar-refractivity contribution in [3.8, 4) is 11.5 Å². The van der Waals surface area contributed by atoms with Crippen molar-refractivity contribution < 1.29 is 19.4 Å². The molecule has 1 aromatic rings. The van der Waals surface area contributed by atoms with Crippen molar-refractivity contribution in [1.82, 2.24) is 5.32 Å². The summed E-state index contributed by atoms with van der Waals surface area (Å²) in [5, 5.41) is 12.0. The summed E-state index contributed by atoms with van der Waals surface area (Å²) in [6.45, 7) is 9.01. The number of hydrogen-bond acceptors (Lipinski definition) is 4. The van der Waals surface area contributed by atoms with Gasteiger partial charge in [0, 0.05) is 24.1 Å². The van der Waals surface area contributed by atoms with E-state index in [1.54, 1.807) is 18.2 Å². The van der Waals surface area contributed by atoms with Crippen molar-refractivity contribution in [1.29, 1.82) is 0 Å². The van der Waals surface area contributed by atoms with Crippen molar-refractivity contribution in [2.24, 2.45) is 5.41 Å². The van der Waals surface area contributed by atoms with Crippen molar-refractivity contribution in [3.63, 3.8) is 0 Å². The summed E-state index contributed by atoms with van der Waals surface area (Å²) in [7, 11) is 0. The van der Waals surface area contributed by atoms with Gasteiger partial charge in [-0.05, 0) is 32.0 Å². The van der Waals surface area contributed by atoms with E-state index in [-0.39, 0.29) is 17.9 Å². The highest BCUT2D eigenvalue weighted by Gasteiger charge is 2.18. The summed E-state index contributed by atoms with van der Waals surface area (Å²) in [4.78, 5) is 12.1. The molecule has 0 aliphatic carbocycles. The van der Waals surface area contributed by atoms with E-state index in [9.17, 15) is 9.90 Å². The van der Waals surface area contributed by atoms with Gasteiger partial charge in [0.1, 0.15) is 0 Å². The minimum Gasteiger partial charge on any atom is -0.490 e. The fraction of sp³-hybridized carbons (Fsp3) is 0.562. The molecule has 1 rings (SSSR count). The lowest BCUT2D eigenvalue weighted by Crippen LogP contribution is -2.36. The number of amides is 1. The molecule has 0 spiro atoms. The minimum absolute atomic E-state index is 0.0146. The summed E-state index contributed by atoms with van der Waals surface area (Å²) in [6.07, 6.45) is 0. The number of hydrogen-bond donors (Lipinski definition) is 2. The van der Waals surface area contributed by atoms with Crippen LogP contribution in [0.2, 0.25) is 0 Å². The van der Waals surface area contributed by atoms with Crippen LogP contribution in [-0.2, 0) is 0 Å². The van der Waals surface area contributed by atoms with Gasteiger partial charge in [0.15, 0.2) is 11.5 Å². The summed E-state index contributed by atoms with van der Waals surface area (Å²) < 4.78 is 11.0. The van der Waals surface area contributed by atoms with Crippen LogP contribution in [0.1, 0.15) is 38.1 Å². The van der Waals surface area contributed by atoms with E-state index in [1.807, 2.05) is 27.7 Å². The summed E-state index contributed by atoms with van der Waals surface area (Å²) in [6, 6.07) is 5.12. The summed E-state index contributed by atoms with van der Waals surface area (Å²) in [5.74, 6) is 1.00. The van der Waals surface area contributed by atoms with Gasteiger partial charge in [0.05, 0.1) is 13.2 Å². The van der Waals surface area contributed by atoms with E-state index in [4.69, 9.17) is 9.47 Å². The second kappa shape index (κ2) is 7.88. The van der Waals surface area contributed by atoms with Crippen LogP contribution in [0.15, 0.2) is 18.2 Å². The number of aliphatic hydroxyl groups is 1. The maximum absolute atomic E-state index is 12.1. The highest BCUT2D eigenvalue weighted by atomic mass is 16.5. The Bertz CT molecular complexity index is 471. The Kier molecular flexibility index (Phi) is 6.49. The molecule has 0 aliphatic rings. The predicted octanol–water partition coefficient (Wildman–Crippen LogP) is 2.23. The second-order valence-electron chi connectivity index (χ2n) is 5.53. The highest BCUT2D eigenvalue weighted by Crippen LogP contribution is 2.28. The molecule has 0 aliphatic heterocycles. The standard InChI is InChI=1S/C16H25NO4/c1-5-20-13-8-7-12(9-14(13)21-6-2)15(19)17-10-16(3,4)11-18/h7-9,18H,5-6,10-11H2,1-4H3,(H,17,19). The summed E-state index contributed by atoms with van der Waals surface area (Å²) in [5.41, 5.74) is 0.166. The topological polar surface area (TPSA) is 67.8 Å². The molecule has 2 N–H and O–H groups in total. The van der Waals surface area contributed by atoms with Crippen LogP contribution in [0.5, 0.6) is 11.5 Å². The van der Waals surface area contributed by atoms with Crippen LogP contribution in [-0.4, -0.2) is 37.4 Å². The molecule has 0 unspecified atom stereocenters. The van der Waals surface area contributed by atoms with Crippen molar-refractivity contribution in [3.05, 3.63) is 23.8 Å². The molecule has 5 nitrogen and oxygen atoms in total. The van der Waals surface area contributed by atoms with Gasteiger partial charge in [-0.25, -0.2) is 0 Å². The SMILES string of the molecule is CCOc1ccc(C(=O)NCC(C)(C)CO)cc1OCC. The Morgan fingerprint density at radius 1 is 1.19 bits per heavy atom. The molecule has 118 valence electrons. The van der Waals surface area contributed by atoms with E-state index in [0.717, 1.165) is 0 Å². The normalized spacial score (nSPS) is 11.1. The molecule has 0 saturated carbocycles. The molecule has 0 aromatic heterocycles. The highest BCUT2D eigenvalue weighted by molar-refractivity contribution is 5.94. The first kappa shape index (κ1) is 17.3.